The summed E-state index contributed by atoms with van der Waals surface area (Å²) in [6.45, 7) is 5.44. The molecule has 1 aliphatic heterocycles. The number of aliphatic imine (C=N–C) groups is 2. The standard InChI is InChI=1S/C8H16N3OP/c1-6(13(2,3)12)7-8(9)11-5-4-10-7/h4-8H,9H2,1-3H3. The number of hydrogen-bond donors (Lipinski definition) is 1. The number of hydrogen-bond acceptors (Lipinski definition) is 4. The van der Waals surface area contributed by atoms with Crippen molar-refractivity contribution >= 4 is 19.6 Å². The van der Waals surface area contributed by atoms with E-state index >= 15 is 0 Å². The summed E-state index contributed by atoms with van der Waals surface area (Å²) in [6, 6.07) is -0.133. The first-order valence-electron chi connectivity index (χ1n) is 4.28. The van der Waals surface area contributed by atoms with Gasteiger partial charge in [0.1, 0.15) is 6.17 Å². The predicted octanol–water partition coefficient (Wildman–Crippen LogP) is 0.806. The number of nitrogens with zero attached hydrogens (tertiary/aromatic N) is 2. The van der Waals surface area contributed by atoms with Gasteiger partial charge in [-0.2, -0.15) is 0 Å². The van der Waals surface area contributed by atoms with Crippen LogP contribution in [-0.4, -0.2) is 43.6 Å². The molecule has 0 fully saturated rings. The van der Waals surface area contributed by atoms with Crippen molar-refractivity contribution in [1.29, 1.82) is 0 Å². The van der Waals surface area contributed by atoms with Crippen LogP contribution in [0.3, 0.4) is 0 Å². The van der Waals surface area contributed by atoms with Crippen molar-refractivity contribution < 1.29 is 4.57 Å². The first kappa shape index (κ1) is 10.6. The highest BCUT2D eigenvalue weighted by Crippen LogP contribution is 2.45. The summed E-state index contributed by atoms with van der Waals surface area (Å²) in [6.07, 6.45) is 2.87. The Bertz CT molecular complexity index is 281. The van der Waals surface area contributed by atoms with Gasteiger partial charge in [0.2, 0.25) is 0 Å². The molecule has 0 bridgehead atoms. The lowest BCUT2D eigenvalue weighted by Gasteiger charge is -2.27. The van der Waals surface area contributed by atoms with E-state index in [2.05, 4.69) is 9.98 Å². The van der Waals surface area contributed by atoms with E-state index in [1.54, 1.807) is 25.8 Å². The van der Waals surface area contributed by atoms with Gasteiger partial charge in [0.15, 0.2) is 0 Å². The minimum Gasteiger partial charge on any atom is -0.324 e. The van der Waals surface area contributed by atoms with E-state index in [1.165, 1.54) is 0 Å². The zero-order valence-electron chi connectivity index (χ0n) is 8.21. The van der Waals surface area contributed by atoms with Gasteiger partial charge in [-0.3, -0.25) is 9.98 Å². The first-order chi connectivity index (χ1) is 5.93. The van der Waals surface area contributed by atoms with Crippen molar-refractivity contribution in [1.82, 2.24) is 0 Å². The predicted molar refractivity (Wildman–Crippen MR) is 57.7 cm³/mol. The van der Waals surface area contributed by atoms with E-state index in [-0.39, 0.29) is 17.9 Å². The van der Waals surface area contributed by atoms with Gasteiger partial charge in [-0.25, -0.2) is 0 Å². The average molecular weight is 201 g/mol. The molecular formula is C8H16N3OP. The molecule has 0 amide bonds. The summed E-state index contributed by atoms with van der Waals surface area (Å²) >= 11 is 0. The Kier molecular flexibility index (Phi) is 3.04. The molecule has 3 atom stereocenters. The van der Waals surface area contributed by atoms with Crippen LogP contribution in [0, 0.1) is 0 Å². The molecule has 0 aromatic carbocycles. The molecule has 0 aromatic heterocycles. The number of nitrogens with two attached hydrogens (primary N) is 1. The molecule has 5 heteroatoms. The largest absolute Gasteiger partial charge is 0.324 e. The summed E-state index contributed by atoms with van der Waals surface area (Å²) in [7, 11) is -2.13. The highest BCUT2D eigenvalue weighted by molar-refractivity contribution is 7.63. The lowest BCUT2D eigenvalue weighted by Crippen LogP contribution is -2.40. The maximum atomic E-state index is 11.8. The van der Waals surface area contributed by atoms with Gasteiger partial charge in [0.25, 0.3) is 0 Å². The topological polar surface area (TPSA) is 67.8 Å². The maximum Gasteiger partial charge on any atom is 0.120 e. The van der Waals surface area contributed by atoms with Crippen molar-refractivity contribution in [3.05, 3.63) is 0 Å². The van der Waals surface area contributed by atoms with Crippen molar-refractivity contribution in [2.24, 2.45) is 15.7 Å². The zero-order valence-corrected chi connectivity index (χ0v) is 9.11. The van der Waals surface area contributed by atoms with E-state index in [4.69, 9.17) is 5.73 Å². The van der Waals surface area contributed by atoms with Crippen LogP contribution in [0.15, 0.2) is 9.98 Å². The monoisotopic (exact) mass is 201 g/mol. The summed E-state index contributed by atoms with van der Waals surface area (Å²) in [5, 5.41) is 0. The van der Waals surface area contributed by atoms with E-state index in [9.17, 15) is 4.57 Å². The Balaban J connectivity index is 2.78. The van der Waals surface area contributed by atoms with Crippen LogP contribution < -0.4 is 5.73 Å². The molecule has 0 aliphatic carbocycles. The number of rotatable bonds is 2. The van der Waals surface area contributed by atoms with Crippen molar-refractivity contribution in [3.8, 4) is 0 Å². The summed E-state index contributed by atoms with van der Waals surface area (Å²) < 4.78 is 11.8. The van der Waals surface area contributed by atoms with Crippen molar-refractivity contribution in [2.75, 3.05) is 13.3 Å². The summed E-state index contributed by atoms with van der Waals surface area (Å²) in [4.78, 5) is 8.23. The molecule has 13 heavy (non-hydrogen) atoms. The molecule has 0 saturated carbocycles. The van der Waals surface area contributed by atoms with Crippen LogP contribution in [-0.2, 0) is 4.57 Å². The normalized spacial score (nSPS) is 30.5. The van der Waals surface area contributed by atoms with Crippen LogP contribution in [0.4, 0.5) is 0 Å². The quantitative estimate of drug-likeness (QED) is 0.671. The van der Waals surface area contributed by atoms with Gasteiger partial charge < -0.3 is 10.3 Å². The molecule has 4 nitrogen and oxygen atoms in total. The SMILES string of the molecule is CC(C1N=CC=NC1N)P(C)(C)=O. The van der Waals surface area contributed by atoms with E-state index in [1.807, 2.05) is 6.92 Å². The summed E-state index contributed by atoms with van der Waals surface area (Å²) in [5.41, 5.74) is 5.74. The van der Waals surface area contributed by atoms with E-state index < -0.39 is 7.14 Å². The third kappa shape index (κ3) is 2.48. The highest BCUT2D eigenvalue weighted by Gasteiger charge is 2.31. The van der Waals surface area contributed by atoms with Crippen LogP contribution in [0.5, 0.6) is 0 Å². The molecule has 0 saturated heterocycles. The lowest BCUT2D eigenvalue weighted by atomic mass is 10.2. The van der Waals surface area contributed by atoms with E-state index in [0.29, 0.717) is 0 Å². The average Bonchev–Trinajstić information content (AvgIpc) is 2.02. The Morgan fingerprint density at radius 1 is 1.38 bits per heavy atom. The first-order valence-corrected chi connectivity index (χ1v) is 6.95. The lowest BCUT2D eigenvalue weighted by molar-refractivity contribution is 0.510. The molecule has 1 rings (SSSR count). The molecule has 1 heterocycles. The molecule has 2 N–H and O–H groups in total. The molecular weight excluding hydrogens is 185 g/mol. The Labute approximate surface area is 78.7 Å². The second-order valence-electron chi connectivity index (χ2n) is 3.75. The second kappa shape index (κ2) is 3.72. The van der Waals surface area contributed by atoms with Crippen molar-refractivity contribution in [3.63, 3.8) is 0 Å². The highest BCUT2D eigenvalue weighted by atomic mass is 31.2. The maximum absolute atomic E-state index is 11.8. The van der Waals surface area contributed by atoms with Gasteiger partial charge in [0.05, 0.1) is 13.2 Å². The minimum atomic E-state index is -2.13. The molecule has 74 valence electrons. The van der Waals surface area contributed by atoms with Gasteiger partial charge in [-0.05, 0) is 13.3 Å². The fourth-order valence-corrected chi connectivity index (χ4v) is 2.22. The summed E-state index contributed by atoms with van der Waals surface area (Å²) in [5.74, 6) is 0. The van der Waals surface area contributed by atoms with E-state index in [0.717, 1.165) is 0 Å². The van der Waals surface area contributed by atoms with Crippen LogP contribution in [0.1, 0.15) is 6.92 Å². The third-order valence-electron chi connectivity index (χ3n) is 2.41. The third-order valence-corrected chi connectivity index (χ3v) is 4.68. The molecule has 0 aromatic rings. The van der Waals surface area contributed by atoms with Crippen molar-refractivity contribution in [2.45, 2.75) is 24.8 Å². The molecule has 3 unspecified atom stereocenters. The Morgan fingerprint density at radius 2 is 1.92 bits per heavy atom. The molecule has 0 radical (unpaired) electrons. The van der Waals surface area contributed by atoms with Crippen LogP contribution in [0.2, 0.25) is 0 Å². The molecule has 1 aliphatic rings. The second-order valence-corrected chi connectivity index (χ2v) is 7.44. The van der Waals surface area contributed by atoms with Gasteiger partial charge >= 0.3 is 0 Å². The zero-order chi connectivity index (χ0) is 10.1. The fourth-order valence-electron chi connectivity index (χ4n) is 1.23. The fraction of sp³-hybridized carbons (Fsp3) is 0.750. The smallest absolute Gasteiger partial charge is 0.120 e. The Hall–Kier alpha value is -0.470. The van der Waals surface area contributed by atoms with Gasteiger partial charge in [-0.15, -0.1) is 0 Å². The minimum absolute atomic E-state index is 0.00352. The van der Waals surface area contributed by atoms with Gasteiger partial charge in [-0.1, -0.05) is 6.92 Å². The van der Waals surface area contributed by atoms with Crippen LogP contribution in [0.25, 0.3) is 0 Å². The Morgan fingerprint density at radius 3 is 2.38 bits per heavy atom. The van der Waals surface area contributed by atoms with Gasteiger partial charge in [0, 0.05) is 18.1 Å². The molecule has 0 spiro atoms. The van der Waals surface area contributed by atoms with Crippen LogP contribution >= 0.6 is 7.14 Å².